The molecule has 0 bridgehead atoms. The van der Waals surface area contributed by atoms with Crippen LogP contribution in [-0.4, -0.2) is 19.3 Å². The molecule has 2 aromatic rings. The van der Waals surface area contributed by atoms with Crippen LogP contribution in [0.5, 0.6) is 0 Å². The van der Waals surface area contributed by atoms with Crippen LogP contribution in [-0.2, 0) is 27.8 Å². The summed E-state index contributed by atoms with van der Waals surface area (Å²) in [5.41, 5.74) is 1.67. The number of benzene rings is 1. The van der Waals surface area contributed by atoms with Crippen molar-refractivity contribution in [3.05, 3.63) is 59.9 Å². The number of hydrogen-bond donors (Lipinski definition) is 2. The zero-order chi connectivity index (χ0) is 16.0. The van der Waals surface area contributed by atoms with Gasteiger partial charge in [-0.3, -0.25) is 9.78 Å². The number of amides is 1. The van der Waals surface area contributed by atoms with E-state index >= 15 is 0 Å². The van der Waals surface area contributed by atoms with Crippen molar-refractivity contribution in [2.75, 3.05) is 0 Å². The summed E-state index contributed by atoms with van der Waals surface area (Å²) in [5, 5.41) is 7.81. The minimum absolute atomic E-state index is 0.0656. The molecule has 0 aliphatic rings. The van der Waals surface area contributed by atoms with Crippen LogP contribution in [0.15, 0.2) is 53.6 Å². The van der Waals surface area contributed by atoms with Crippen molar-refractivity contribution in [3.8, 4) is 0 Å². The number of sulfonamides is 1. The van der Waals surface area contributed by atoms with Crippen LogP contribution in [0.2, 0.25) is 0 Å². The highest BCUT2D eigenvalue weighted by Gasteiger charge is 2.07. The lowest BCUT2D eigenvalue weighted by molar-refractivity contribution is -0.121. The van der Waals surface area contributed by atoms with E-state index in [1.54, 1.807) is 18.3 Å². The van der Waals surface area contributed by atoms with Gasteiger partial charge in [-0.1, -0.05) is 18.2 Å². The molecular weight excluding hydrogens is 302 g/mol. The third kappa shape index (κ3) is 4.94. The molecule has 116 valence electrons. The molecule has 0 aliphatic carbocycles. The predicted octanol–water partition coefficient (Wildman–Crippen LogP) is 0.978. The second-order valence-electron chi connectivity index (χ2n) is 4.79. The molecule has 1 heterocycles. The number of nitrogens with one attached hydrogen (secondary N) is 1. The number of nitrogens with two attached hydrogens (primary N) is 1. The van der Waals surface area contributed by atoms with E-state index in [0.717, 1.165) is 11.3 Å². The molecule has 6 nitrogen and oxygen atoms in total. The van der Waals surface area contributed by atoms with Crippen LogP contribution in [0.1, 0.15) is 17.7 Å². The summed E-state index contributed by atoms with van der Waals surface area (Å²) in [6.45, 7) is 0.393. The fourth-order valence-corrected chi connectivity index (χ4v) is 2.40. The first-order chi connectivity index (χ1) is 10.4. The summed E-state index contributed by atoms with van der Waals surface area (Å²) in [7, 11) is -3.68. The van der Waals surface area contributed by atoms with Crippen molar-refractivity contribution in [3.63, 3.8) is 0 Å². The largest absolute Gasteiger partial charge is 0.350 e. The maximum absolute atomic E-state index is 11.8. The first kappa shape index (κ1) is 16.1. The molecule has 0 aliphatic heterocycles. The summed E-state index contributed by atoms with van der Waals surface area (Å²) in [6.07, 6.45) is 2.52. The summed E-state index contributed by atoms with van der Waals surface area (Å²) in [5.74, 6) is -0.0822. The Labute approximate surface area is 129 Å². The van der Waals surface area contributed by atoms with E-state index in [-0.39, 0.29) is 10.8 Å². The maximum atomic E-state index is 11.8. The zero-order valence-corrected chi connectivity index (χ0v) is 12.7. The molecule has 0 spiro atoms. The Balaban J connectivity index is 1.81. The second-order valence-corrected chi connectivity index (χ2v) is 6.35. The molecule has 7 heteroatoms. The number of carbonyl (C=O) groups excluding carboxylic acids is 1. The monoisotopic (exact) mass is 319 g/mol. The molecule has 2 rings (SSSR count). The molecule has 1 aromatic heterocycles. The van der Waals surface area contributed by atoms with E-state index < -0.39 is 10.0 Å². The third-order valence-electron chi connectivity index (χ3n) is 3.09. The van der Waals surface area contributed by atoms with Crippen molar-refractivity contribution in [2.24, 2.45) is 5.14 Å². The Hall–Kier alpha value is -2.25. The van der Waals surface area contributed by atoms with Gasteiger partial charge in [0.1, 0.15) is 0 Å². The van der Waals surface area contributed by atoms with Gasteiger partial charge >= 0.3 is 0 Å². The van der Waals surface area contributed by atoms with Gasteiger partial charge in [0.2, 0.25) is 15.9 Å². The Morgan fingerprint density at radius 2 is 1.86 bits per heavy atom. The van der Waals surface area contributed by atoms with Crippen molar-refractivity contribution in [2.45, 2.75) is 24.3 Å². The van der Waals surface area contributed by atoms with E-state index in [4.69, 9.17) is 5.14 Å². The molecule has 0 saturated carbocycles. The molecule has 0 atom stereocenters. The topological polar surface area (TPSA) is 102 Å². The van der Waals surface area contributed by atoms with E-state index in [0.29, 0.717) is 19.4 Å². The number of rotatable bonds is 6. The lowest BCUT2D eigenvalue weighted by atomic mass is 10.1. The molecule has 1 amide bonds. The van der Waals surface area contributed by atoms with Gasteiger partial charge in [0.05, 0.1) is 17.1 Å². The lowest BCUT2D eigenvalue weighted by Gasteiger charge is -2.05. The highest BCUT2D eigenvalue weighted by molar-refractivity contribution is 7.89. The average Bonchev–Trinajstić information content (AvgIpc) is 2.51. The first-order valence-electron chi connectivity index (χ1n) is 6.73. The van der Waals surface area contributed by atoms with E-state index in [1.807, 2.05) is 18.2 Å². The van der Waals surface area contributed by atoms with Crippen LogP contribution >= 0.6 is 0 Å². The highest BCUT2D eigenvalue weighted by Crippen LogP contribution is 2.10. The summed E-state index contributed by atoms with van der Waals surface area (Å²) in [4.78, 5) is 15.9. The van der Waals surface area contributed by atoms with Gasteiger partial charge in [-0.15, -0.1) is 0 Å². The number of pyridine rings is 1. The SMILES string of the molecule is NS(=O)(=O)c1ccc(CCC(=O)NCc2ccccn2)cc1. The van der Waals surface area contributed by atoms with Gasteiger partial charge in [0, 0.05) is 12.6 Å². The smallest absolute Gasteiger partial charge is 0.238 e. The van der Waals surface area contributed by atoms with Crippen LogP contribution in [0.25, 0.3) is 0 Å². The molecule has 0 fully saturated rings. The highest BCUT2D eigenvalue weighted by atomic mass is 32.2. The maximum Gasteiger partial charge on any atom is 0.238 e. The van der Waals surface area contributed by atoms with E-state index in [2.05, 4.69) is 10.3 Å². The van der Waals surface area contributed by atoms with Gasteiger partial charge in [-0.25, -0.2) is 13.6 Å². The van der Waals surface area contributed by atoms with Crippen molar-refractivity contribution in [1.82, 2.24) is 10.3 Å². The van der Waals surface area contributed by atoms with Gasteiger partial charge < -0.3 is 5.32 Å². The lowest BCUT2D eigenvalue weighted by Crippen LogP contribution is -2.23. The minimum atomic E-state index is -3.68. The molecule has 0 saturated heterocycles. The number of aromatic nitrogens is 1. The molecule has 1 aromatic carbocycles. The molecule has 22 heavy (non-hydrogen) atoms. The number of carbonyl (C=O) groups is 1. The zero-order valence-electron chi connectivity index (χ0n) is 11.9. The van der Waals surface area contributed by atoms with Gasteiger partial charge in [0.25, 0.3) is 0 Å². The average molecular weight is 319 g/mol. The number of aryl methyl sites for hydroxylation is 1. The fraction of sp³-hybridized carbons (Fsp3) is 0.200. The molecule has 0 unspecified atom stereocenters. The summed E-state index contributed by atoms with van der Waals surface area (Å²) in [6, 6.07) is 11.7. The standard InChI is InChI=1S/C15H17N3O3S/c16-22(20,21)14-7-4-12(5-8-14)6-9-15(19)18-11-13-3-1-2-10-17-13/h1-5,7-8,10H,6,9,11H2,(H,18,19)(H2,16,20,21). The van der Waals surface area contributed by atoms with Gasteiger partial charge in [-0.05, 0) is 36.2 Å². The van der Waals surface area contributed by atoms with Crippen LogP contribution in [0, 0.1) is 0 Å². The number of nitrogens with zero attached hydrogens (tertiary/aromatic N) is 1. The first-order valence-corrected chi connectivity index (χ1v) is 8.28. The number of primary sulfonamides is 1. The summed E-state index contributed by atoms with van der Waals surface area (Å²) >= 11 is 0. The molecular formula is C15H17N3O3S. The third-order valence-corrected chi connectivity index (χ3v) is 4.01. The Bertz CT molecular complexity index is 728. The number of hydrogen-bond acceptors (Lipinski definition) is 4. The van der Waals surface area contributed by atoms with Crippen molar-refractivity contribution >= 4 is 15.9 Å². The minimum Gasteiger partial charge on any atom is -0.350 e. The molecule has 3 N–H and O–H groups in total. The Kier molecular flexibility index (Phi) is 5.24. The second kappa shape index (κ2) is 7.15. The van der Waals surface area contributed by atoms with E-state index in [1.165, 1.54) is 12.1 Å². The quantitative estimate of drug-likeness (QED) is 0.828. The van der Waals surface area contributed by atoms with Crippen molar-refractivity contribution in [1.29, 1.82) is 0 Å². The van der Waals surface area contributed by atoms with Crippen molar-refractivity contribution < 1.29 is 13.2 Å². The summed E-state index contributed by atoms with van der Waals surface area (Å²) < 4.78 is 22.3. The van der Waals surface area contributed by atoms with E-state index in [9.17, 15) is 13.2 Å². The Morgan fingerprint density at radius 3 is 2.45 bits per heavy atom. The van der Waals surface area contributed by atoms with Crippen LogP contribution in [0.3, 0.4) is 0 Å². The predicted molar refractivity (Wildman–Crippen MR) is 82.2 cm³/mol. The fourth-order valence-electron chi connectivity index (χ4n) is 1.88. The molecule has 0 radical (unpaired) electrons. The normalized spacial score (nSPS) is 11.1. The van der Waals surface area contributed by atoms with Crippen LogP contribution < -0.4 is 10.5 Å². The van der Waals surface area contributed by atoms with Gasteiger partial charge in [-0.2, -0.15) is 0 Å². The van der Waals surface area contributed by atoms with Crippen LogP contribution in [0.4, 0.5) is 0 Å². The van der Waals surface area contributed by atoms with Gasteiger partial charge in [0.15, 0.2) is 0 Å². The Morgan fingerprint density at radius 1 is 1.14 bits per heavy atom.